The maximum Gasteiger partial charge on any atom is 0.225 e. The second-order valence-corrected chi connectivity index (χ2v) is 8.03. The number of nitrogens with zero attached hydrogens (tertiary/aromatic N) is 4. The first-order chi connectivity index (χ1) is 12.2. The Balaban J connectivity index is 1.40. The lowest BCUT2D eigenvalue weighted by Gasteiger charge is -2.32. The molecule has 2 fully saturated rings. The first kappa shape index (κ1) is 16.8. The molecule has 7 heteroatoms. The summed E-state index contributed by atoms with van der Waals surface area (Å²) in [5.74, 6) is 0.525. The lowest BCUT2D eigenvalue weighted by molar-refractivity contribution is -0.135. The average Bonchev–Trinajstić information content (AvgIpc) is 3.34. The van der Waals surface area contributed by atoms with E-state index in [2.05, 4.69) is 15.1 Å². The van der Waals surface area contributed by atoms with Crippen molar-refractivity contribution in [2.45, 2.75) is 25.7 Å². The first-order valence-corrected chi connectivity index (χ1v) is 10.0. The zero-order chi connectivity index (χ0) is 17.2. The Morgan fingerprint density at radius 2 is 1.80 bits per heavy atom. The summed E-state index contributed by atoms with van der Waals surface area (Å²) in [6.07, 6.45) is 4.10. The fourth-order valence-corrected chi connectivity index (χ4v) is 4.82. The van der Waals surface area contributed by atoms with Gasteiger partial charge in [-0.1, -0.05) is 41.1 Å². The topological polar surface area (TPSA) is 49.3 Å². The van der Waals surface area contributed by atoms with Crippen molar-refractivity contribution in [2.24, 2.45) is 5.92 Å². The normalized spacial score (nSPS) is 18.8. The number of hydrogen-bond acceptors (Lipinski definition) is 5. The Morgan fingerprint density at radius 1 is 1.08 bits per heavy atom. The van der Waals surface area contributed by atoms with Gasteiger partial charge in [-0.15, -0.1) is 10.2 Å². The van der Waals surface area contributed by atoms with Gasteiger partial charge in [0.1, 0.15) is 0 Å². The van der Waals surface area contributed by atoms with Crippen LogP contribution in [0.1, 0.15) is 25.7 Å². The van der Waals surface area contributed by atoms with Gasteiger partial charge in [0, 0.05) is 37.7 Å². The summed E-state index contributed by atoms with van der Waals surface area (Å²) in [6.45, 7) is 3.61. The fourth-order valence-electron chi connectivity index (χ4n) is 3.60. The third kappa shape index (κ3) is 3.51. The number of rotatable bonds is 3. The minimum Gasteiger partial charge on any atom is -0.347 e. The van der Waals surface area contributed by atoms with Gasteiger partial charge in [0.05, 0.1) is 5.02 Å². The Morgan fingerprint density at radius 3 is 2.52 bits per heavy atom. The minimum atomic E-state index is 0.172. The number of halogens is 1. The number of benzene rings is 1. The van der Waals surface area contributed by atoms with Gasteiger partial charge >= 0.3 is 0 Å². The molecule has 1 aromatic carbocycles. The molecule has 0 bridgehead atoms. The molecule has 2 aromatic rings. The van der Waals surface area contributed by atoms with E-state index in [0.717, 1.165) is 67.6 Å². The summed E-state index contributed by atoms with van der Waals surface area (Å²) >= 11 is 7.82. The molecule has 0 atom stereocenters. The molecular formula is C18H21ClN4OS. The highest BCUT2D eigenvalue weighted by atomic mass is 35.5. The van der Waals surface area contributed by atoms with Crippen molar-refractivity contribution in [1.29, 1.82) is 0 Å². The predicted octanol–water partition coefficient (Wildman–Crippen LogP) is 3.70. The van der Waals surface area contributed by atoms with Crippen LogP contribution in [0.2, 0.25) is 5.02 Å². The zero-order valence-corrected chi connectivity index (χ0v) is 15.6. The molecule has 0 radical (unpaired) electrons. The lowest BCUT2D eigenvalue weighted by atomic mass is 9.95. The van der Waals surface area contributed by atoms with Gasteiger partial charge in [-0.3, -0.25) is 4.79 Å². The largest absolute Gasteiger partial charge is 0.347 e. The van der Waals surface area contributed by atoms with Crippen LogP contribution < -0.4 is 4.90 Å². The number of hydrogen-bond donors (Lipinski definition) is 0. The highest BCUT2D eigenvalue weighted by molar-refractivity contribution is 7.18. The highest BCUT2D eigenvalue weighted by Crippen LogP contribution is 2.34. The van der Waals surface area contributed by atoms with Gasteiger partial charge in [0.25, 0.3) is 0 Å². The van der Waals surface area contributed by atoms with Gasteiger partial charge in [-0.05, 0) is 31.7 Å². The molecule has 2 saturated heterocycles. The van der Waals surface area contributed by atoms with Crippen LogP contribution in [0, 0.1) is 5.92 Å². The number of carbonyl (C=O) groups excluding carboxylic acids is 1. The van der Waals surface area contributed by atoms with Crippen molar-refractivity contribution in [1.82, 2.24) is 15.1 Å². The molecule has 25 heavy (non-hydrogen) atoms. The van der Waals surface area contributed by atoms with Crippen molar-refractivity contribution in [3.05, 3.63) is 29.3 Å². The monoisotopic (exact) mass is 376 g/mol. The molecule has 5 nitrogen and oxygen atoms in total. The maximum atomic E-state index is 12.5. The lowest BCUT2D eigenvalue weighted by Crippen LogP contribution is -2.41. The van der Waals surface area contributed by atoms with Crippen LogP contribution in [-0.2, 0) is 4.79 Å². The Hall–Kier alpha value is -1.66. The summed E-state index contributed by atoms with van der Waals surface area (Å²) in [6, 6.07) is 7.70. The molecule has 3 heterocycles. The Bertz CT molecular complexity index is 751. The van der Waals surface area contributed by atoms with Crippen molar-refractivity contribution in [2.75, 3.05) is 31.1 Å². The fraction of sp³-hybridized carbons (Fsp3) is 0.500. The molecule has 0 unspecified atom stereocenters. The summed E-state index contributed by atoms with van der Waals surface area (Å²) in [5, 5.41) is 11.1. The van der Waals surface area contributed by atoms with Crippen LogP contribution in [0.15, 0.2) is 24.3 Å². The third-order valence-corrected chi connectivity index (χ3v) is 6.40. The van der Waals surface area contributed by atoms with Gasteiger partial charge in [-0.2, -0.15) is 0 Å². The number of amides is 1. The maximum absolute atomic E-state index is 12.5. The number of piperidine rings is 1. The Kier molecular flexibility index (Phi) is 4.90. The van der Waals surface area contributed by atoms with E-state index in [-0.39, 0.29) is 5.92 Å². The SMILES string of the molecule is O=C(C1CCN(c2nnc(-c3ccccc3Cl)s2)CC1)N1CCCC1. The molecule has 1 amide bonds. The summed E-state index contributed by atoms with van der Waals surface area (Å²) in [7, 11) is 0. The van der Waals surface area contributed by atoms with E-state index < -0.39 is 0 Å². The smallest absolute Gasteiger partial charge is 0.225 e. The van der Waals surface area contributed by atoms with Crippen LogP contribution >= 0.6 is 22.9 Å². The van der Waals surface area contributed by atoms with Crippen molar-refractivity contribution in [3.63, 3.8) is 0 Å². The molecule has 0 N–H and O–H groups in total. The van der Waals surface area contributed by atoms with Crippen LogP contribution in [0.4, 0.5) is 5.13 Å². The number of anilines is 1. The van der Waals surface area contributed by atoms with E-state index in [1.807, 2.05) is 29.2 Å². The van der Waals surface area contributed by atoms with Gasteiger partial charge < -0.3 is 9.80 Å². The minimum absolute atomic E-state index is 0.172. The second kappa shape index (κ2) is 7.30. The molecule has 0 aliphatic carbocycles. The van der Waals surface area contributed by atoms with Gasteiger partial charge in [0.15, 0.2) is 5.01 Å². The van der Waals surface area contributed by atoms with Gasteiger partial charge in [0.2, 0.25) is 11.0 Å². The van der Waals surface area contributed by atoms with Crippen molar-refractivity contribution >= 4 is 34.0 Å². The molecule has 4 rings (SSSR count). The standard InChI is InChI=1S/C18H21ClN4OS/c19-15-6-2-1-5-14(15)16-20-21-18(25-16)23-11-7-13(8-12-23)17(24)22-9-3-4-10-22/h1-2,5-6,13H,3-4,7-12H2. The van der Waals surface area contributed by atoms with E-state index in [1.165, 1.54) is 0 Å². The quantitative estimate of drug-likeness (QED) is 0.819. The van der Waals surface area contributed by atoms with E-state index in [0.29, 0.717) is 10.9 Å². The van der Waals surface area contributed by atoms with Crippen molar-refractivity contribution < 1.29 is 4.79 Å². The highest BCUT2D eigenvalue weighted by Gasteiger charge is 2.30. The number of aromatic nitrogens is 2. The number of carbonyl (C=O) groups is 1. The van der Waals surface area contributed by atoms with Crippen LogP contribution in [0.3, 0.4) is 0 Å². The van der Waals surface area contributed by atoms with Crippen molar-refractivity contribution in [3.8, 4) is 10.6 Å². The summed E-state index contributed by atoms with van der Waals surface area (Å²) in [5.41, 5.74) is 0.923. The van der Waals surface area contributed by atoms with Crippen LogP contribution in [-0.4, -0.2) is 47.2 Å². The first-order valence-electron chi connectivity index (χ1n) is 8.84. The van der Waals surface area contributed by atoms with E-state index in [1.54, 1.807) is 11.3 Å². The summed E-state index contributed by atoms with van der Waals surface area (Å²) in [4.78, 5) is 16.8. The van der Waals surface area contributed by atoms with Crippen LogP contribution in [0.5, 0.6) is 0 Å². The number of likely N-dealkylation sites (tertiary alicyclic amines) is 1. The summed E-state index contributed by atoms with van der Waals surface area (Å²) < 4.78 is 0. The molecule has 2 aliphatic rings. The Labute approximate surface area is 156 Å². The molecular weight excluding hydrogens is 356 g/mol. The predicted molar refractivity (Wildman–Crippen MR) is 101 cm³/mol. The second-order valence-electron chi connectivity index (χ2n) is 6.66. The molecule has 1 aromatic heterocycles. The van der Waals surface area contributed by atoms with Gasteiger partial charge in [-0.25, -0.2) is 0 Å². The van der Waals surface area contributed by atoms with E-state index in [9.17, 15) is 4.79 Å². The zero-order valence-electron chi connectivity index (χ0n) is 14.0. The van der Waals surface area contributed by atoms with E-state index in [4.69, 9.17) is 11.6 Å². The molecule has 0 saturated carbocycles. The molecule has 2 aliphatic heterocycles. The van der Waals surface area contributed by atoms with E-state index >= 15 is 0 Å². The molecule has 132 valence electrons. The average molecular weight is 377 g/mol. The van der Waals surface area contributed by atoms with Crippen LogP contribution in [0.25, 0.3) is 10.6 Å². The third-order valence-electron chi connectivity index (χ3n) is 5.05. The molecule has 0 spiro atoms.